The lowest BCUT2D eigenvalue weighted by atomic mass is 9.85. The Morgan fingerprint density at radius 3 is 2.38 bits per heavy atom. The summed E-state index contributed by atoms with van der Waals surface area (Å²) in [6.07, 6.45) is 4.85. The van der Waals surface area contributed by atoms with Crippen LogP contribution in [0.15, 0.2) is 42.5 Å². The molecule has 3 atom stereocenters. The molecule has 1 fully saturated rings. The number of aromatic nitrogens is 1. The fourth-order valence-corrected chi connectivity index (χ4v) is 4.97. The quantitative estimate of drug-likeness (QED) is 0.411. The van der Waals surface area contributed by atoms with E-state index >= 15 is 0 Å². The summed E-state index contributed by atoms with van der Waals surface area (Å²) in [5.74, 6) is 0.138. The average Bonchev–Trinajstić information content (AvgIpc) is 3.22. The molecule has 3 aliphatic rings. The number of likely N-dealkylation sites (tertiary alicyclic amines) is 1. The number of rotatable bonds is 5. The standard InChI is InChI=1S/C25H26N2O5/c1-15-11-20(21(28)13-27-24(29)18-7-3-4-8-19(18)25(27)30)16(2)26(15)12-17-14-31-22-9-5-6-10-23(22)32-17/h3-6,9-11,17-19H,7-8,12-14H2,1-2H3/t17-,18+,19+/m0/s1. The molecule has 1 aromatic heterocycles. The van der Waals surface area contributed by atoms with Gasteiger partial charge in [0.2, 0.25) is 11.8 Å². The molecule has 0 N–H and O–H groups in total. The third-order valence-electron chi connectivity index (χ3n) is 6.73. The highest BCUT2D eigenvalue weighted by atomic mass is 16.6. The average molecular weight is 434 g/mol. The van der Waals surface area contributed by atoms with E-state index < -0.39 is 0 Å². The predicted molar refractivity (Wildman–Crippen MR) is 117 cm³/mol. The van der Waals surface area contributed by atoms with E-state index in [-0.39, 0.29) is 42.1 Å². The second kappa shape index (κ2) is 7.97. The highest BCUT2D eigenvalue weighted by molar-refractivity contribution is 6.10. The van der Waals surface area contributed by atoms with Crippen molar-refractivity contribution in [1.82, 2.24) is 9.47 Å². The van der Waals surface area contributed by atoms with Gasteiger partial charge in [0.25, 0.3) is 0 Å². The Labute approximate surface area is 186 Å². The van der Waals surface area contributed by atoms with Crippen LogP contribution in [0.5, 0.6) is 11.5 Å². The first-order valence-electron chi connectivity index (χ1n) is 11.0. The van der Waals surface area contributed by atoms with Crippen molar-refractivity contribution in [3.05, 3.63) is 59.4 Å². The van der Waals surface area contributed by atoms with Gasteiger partial charge in [-0.15, -0.1) is 0 Å². The minimum atomic E-state index is -0.320. The zero-order chi connectivity index (χ0) is 22.4. The first-order valence-corrected chi connectivity index (χ1v) is 11.0. The summed E-state index contributed by atoms with van der Waals surface area (Å²) in [6, 6.07) is 9.39. The number of hydrogen-bond donors (Lipinski definition) is 0. The Morgan fingerprint density at radius 1 is 1.03 bits per heavy atom. The molecular weight excluding hydrogens is 408 g/mol. The van der Waals surface area contributed by atoms with Gasteiger partial charge in [-0.25, -0.2) is 0 Å². The number of ether oxygens (including phenoxy) is 2. The summed E-state index contributed by atoms with van der Waals surface area (Å²) in [4.78, 5) is 39.7. The highest BCUT2D eigenvalue weighted by Crippen LogP contribution is 2.35. The van der Waals surface area contributed by atoms with Crippen molar-refractivity contribution >= 4 is 17.6 Å². The molecule has 5 rings (SSSR count). The second-order valence-electron chi connectivity index (χ2n) is 8.73. The first-order chi connectivity index (χ1) is 15.4. The van der Waals surface area contributed by atoms with Gasteiger partial charge < -0.3 is 14.0 Å². The number of imide groups is 1. The number of benzene rings is 1. The maximum atomic E-state index is 13.1. The Kier molecular flexibility index (Phi) is 5.12. The van der Waals surface area contributed by atoms with Gasteiger partial charge in [0.1, 0.15) is 6.61 Å². The number of amides is 2. The topological polar surface area (TPSA) is 77.8 Å². The van der Waals surface area contributed by atoms with E-state index in [9.17, 15) is 14.4 Å². The number of nitrogens with zero attached hydrogens (tertiary/aromatic N) is 2. The molecule has 0 spiro atoms. The normalized spacial score (nSPS) is 24.1. The van der Waals surface area contributed by atoms with Crippen molar-refractivity contribution in [3.8, 4) is 11.5 Å². The van der Waals surface area contributed by atoms with Crippen molar-refractivity contribution in [2.24, 2.45) is 11.8 Å². The fourth-order valence-electron chi connectivity index (χ4n) is 4.97. The van der Waals surface area contributed by atoms with Crippen molar-refractivity contribution in [3.63, 3.8) is 0 Å². The van der Waals surface area contributed by atoms with Gasteiger partial charge in [0.15, 0.2) is 23.4 Å². The van der Waals surface area contributed by atoms with E-state index in [1.807, 2.05) is 60.9 Å². The number of hydrogen-bond acceptors (Lipinski definition) is 5. The molecular formula is C25H26N2O5. The maximum absolute atomic E-state index is 13.1. The zero-order valence-electron chi connectivity index (χ0n) is 18.2. The van der Waals surface area contributed by atoms with Crippen LogP contribution in [0.25, 0.3) is 0 Å². The first kappa shape index (κ1) is 20.5. The van der Waals surface area contributed by atoms with E-state index in [1.54, 1.807) is 0 Å². The van der Waals surface area contributed by atoms with Gasteiger partial charge in [-0.05, 0) is 44.9 Å². The zero-order valence-corrected chi connectivity index (χ0v) is 18.2. The molecule has 3 heterocycles. The molecule has 7 heteroatoms. The van der Waals surface area contributed by atoms with Crippen LogP contribution in [-0.4, -0.2) is 46.3 Å². The van der Waals surface area contributed by atoms with Crippen LogP contribution in [0.1, 0.15) is 34.6 Å². The van der Waals surface area contributed by atoms with Gasteiger partial charge in [-0.1, -0.05) is 24.3 Å². The molecule has 2 aromatic rings. The van der Waals surface area contributed by atoms with Crippen LogP contribution >= 0.6 is 0 Å². The Bertz CT molecular complexity index is 1110. The molecule has 0 unspecified atom stereocenters. The van der Waals surface area contributed by atoms with Crippen molar-refractivity contribution in [2.45, 2.75) is 39.3 Å². The van der Waals surface area contributed by atoms with Gasteiger partial charge in [0.05, 0.1) is 24.9 Å². The summed E-state index contributed by atoms with van der Waals surface area (Å²) in [6.45, 7) is 4.58. The van der Waals surface area contributed by atoms with Crippen LogP contribution in [-0.2, 0) is 16.1 Å². The summed E-state index contributed by atoms with van der Waals surface area (Å²) >= 11 is 0. The number of para-hydroxylation sites is 2. The molecule has 2 amide bonds. The molecule has 0 saturated carbocycles. The predicted octanol–water partition coefficient (Wildman–Crippen LogP) is 3.08. The lowest BCUT2D eigenvalue weighted by Crippen LogP contribution is -2.36. The fraction of sp³-hybridized carbons (Fsp3) is 0.400. The van der Waals surface area contributed by atoms with E-state index in [1.165, 1.54) is 0 Å². The van der Waals surface area contributed by atoms with Crippen molar-refractivity contribution in [1.29, 1.82) is 0 Å². The minimum absolute atomic E-state index is 0.185. The van der Waals surface area contributed by atoms with Crippen LogP contribution < -0.4 is 9.47 Å². The van der Waals surface area contributed by atoms with Crippen LogP contribution in [0.2, 0.25) is 0 Å². The minimum Gasteiger partial charge on any atom is -0.486 e. The highest BCUT2D eigenvalue weighted by Gasteiger charge is 2.47. The number of fused-ring (bicyclic) bond motifs is 2. The summed E-state index contributed by atoms with van der Waals surface area (Å²) in [5.41, 5.74) is 2.26. The van der Waals surface area contributed by atoms with E-state index in [2.05, 4.69) is 0 Å². The van der Waals surface area contributed by atoms with Gasteiger partial charge in [-0.3, -0.25) is 19.3 Å². The molecule has 1 aromatic carbocycles. The number of allylic oxidation sites excluding steroid dienone is 2. The summed E-state index contributed by atoms with van der Waals surface area (Å²) < 4.78 is 13.9. The number of aryl methyl sites for hydroxylation is 1. The SMILES string of the molecule is Cc1cc(C(=O)CN2C(=O)[C@@H]3CC=CC[C@H]3C2=O)c(C)n1C[C@H]1COc2ccccc2O1. The van der Waals surface area contributed by atoms with Gasteiger partial charge >= 0.3 is 0 Å². The maximum Gasteiger partial charge on any atom is 0.233 e. The monoisotopic (exact) mass is 434 g/mol. The van der Waals surface area contributed by atoms with Gasteiger partial charge in [0, 0.05) is 17.0 Å². The molecule has 2 aliphatic heterocycles. The molecule has 166 valence electrons. The number of carbonyl (C=O) groups excluding carboxylic acids is 3. The van der Waals surface area contributed by atoms with Crippen LogP contribution in [0.4, 0.5) is 0 Å². The lowest BCUT2D eigenvalue weighted by Gasteiger charge is -2.27. The Balaban J connectivity index is 1.30. The molecule has 32 heavy (non-hydrogen) atoms. The number of ketones is 1. The van der Waals surface area contributed by atoms with Crippen LogP contribution in [0, 0.1) is 25.7 Å². The second-order valence-corrected chi connectivity index (χ2v) is 8.73. The smallest absolute Gasteiger partial charge is 0.233 e. The van der Waals surface area contributed by atoms with E-state index in [0.29, 0.717) is 37.3 Å². The lowest BCUT2D eigenvalue weighted by molar-refractivity contribution is -0.139. The number of carbonyl (C=O) groups is 3. The molecule has 1 saturated heterocycles. The van der Waals surface area contributed by atoms with Crippen molar-refractivity contribution < 1.29 is 23.9 Å². The molecule has 0 bridgehead atoms. The largest absolute Gasteiger partial charge is 0.486 e. The van der Waals surface area contributed by atoms with Gasteiger partial charge in [-0.2, -0.15) is 0 Å². The summed E-state index contributed by atoms with van der Waals surface area (Å²) in [7, 11) is 0. The molecule has 7 nitrogen and oxygen atoms in total. The van der Waals surface area contributed by atoms with E-state index in [4.69, 9.17) is 9.47 Å². The van der Waals surface area contributed by atoms with Crippen molar-refractivity contribution in [2.75, 3.05) is 13.2 Å². The Morgan fingerprint density at radius 2 is 1.69 bits per heavy atom. The van der Waals surface area contributed by atoms with E-state index in [0.717, 1.165) is 22.0 Å². The van der Waals surface area contributed by atoms with Crippen LogP contribution in [0.3, 0.4) is 0 Å². The Hall–Kier alpha value is -3.35. The third-order valence-corrected chi connectivity index (χ3v) is 6.73. The summed E-state index contributed by atoms with van der Waals surface area (Å²) in [5, 5.41) is 0. The molecule has 1 aliphatic carbocycles. The number of Topliss-reactive ketones (excluding diaryl/α,β-unsaturated/α-hetero) is 1. The third kappa shape index (κ3) is 3.42. The molecule has 0 radical (unpaired) electrons.